The van der Waals surface area contributed by atoms with Gasteiger partial charge in [0.05, 0.1) is 13.2 Å². The number of rotatable bonds is 7. The molecule has 4 nitrogen and oxygen atoms in total. The lowest BCUT2D eigenvalue weighted by molar-refractivity contribution is -0.00790. The molecule has 12 heavy (non-hydrogen) atoms. The van der Waals surface area contributed by atoms with Crippen molar-refractivity contribution in [3.63, 3.8) is 0 Å². The van der Waals surface area contributed by atoms with Crippen molar-refractivity contribution >= 4 is 6.29 Å². The predicted octanol–water partition coefficient (Wildman–Crippen LogP) is -0.589. The first-order valence-corrected chi connectivity index (χ1v) is 3.63. The molecule has 0 aromatic heterocycles. The number of hydrogen-bond donors (Lipinski definition) is 2. The molecule has 0 heterocycles. The molecule has 0 aromatic carbocycles. The van der Waals surface area contributed by atoms with Gasteiger partial charge < -0.3 is 14.9 Å². The van der Waals surface area contributed by atoms with E-state index in [9.17, 15) is 4.79 Å². The fourth-order valence-electron chi connectivity index (χ4n) is 0.581. The van der Waals surface area contributed by atoms with Gasteiger partial charge in [0.2, 0.25) is 6.29 Å². The van der Waals surface area contributed by atoms with Gasteiger partial charge >= 0.3 is 0 Å². The largest absolute Gasteiger partial charge is 0.394 e. The first kappa shape index (κ1) is 11.3. The second kappa shape index (κ2) is 6.97. The van der Waals surface area contributed by atoms with Gasteiger partial charge in [0, 0.05) is 0 Å². The van der Waals surface area contributed by atoms with E-state index in [0.717, 1.165) is 0 Å². The molecular formula is C8H13O4. The topological polar surface area (TPSA) is 66.8 Å². The highest BCUT2D eigenvalue weighted by atomic mass is 16.5. The zero-order valence-electron chi connectivity index (χ0n) is 6.77. The smallest absolute Gasteiger partial charge is 0.230 e. The van der Waals surface area contributed by atoms with Gasteiger partial charge in [-0.25, -0.2) is 0 Å². The maximum atomic E-state index is 10.2. The molecule has 4 heteroatoms. The molecule has 0 rings (SSSR count). The minimum absolute atomic E-state index is 0.0652. The first-order chi connectivity index (χ1) is 5.74. The SMILES string of the molecule is C=CCC([C]=O)OCC(O)CO. The fourth-order valence-corrected chi connectivity index (χ4v) is 0.581. The molecule has 0 amide bonds. The van der Waals surface area contributed by atoms with Gasteiger partial charge in [0.15, 0.2) is 0 Å². The summed E-state index contributed by atoms with van der Waals surface area (Å²) in [5.41, 5.74) is 0. The third-order valence-corrected chi connectivity index (χ3v) is 1.21. The van der Waals surface area contributed by atoms with Crippen molar-refractivity contribution in [3.05, 3.63) is 12.7 Å². The molecular weight excluding hydrogens is 160 g/mol. The summed E-state index contributed by atoms with van der Waals surface area (Å²) in [6.45, 7) is 2.98. The molecule has 0 aliphatic rings. The number of hydrogen-bond acceptors (Lipinski definition) is 4. The Balaban J connectivity index is 3.56. The molecule has 2 atom stereocenters. The van der Waals surface area contributed by atoms with E-state index in [2.05, 4.69) is 6.58 Å². The van der Waals surface area contributed by atoms with E-state index in [1.54, 1.807) is 6.29 Å². The van der Waals surface area contributed by atoms with Crippen LogP contribution in [0, 0.1) is 0 Å². The van der Waals surface area contributed by atoms with Crippen molar-refractivity contribution in [3.8, 4) is 0 Å². The van der Waals surface area contributed by atoms with Crippen molar-refractivity contribution < 1.29 is 19.7 Å². The summed E-state index contributed by atoms with van der Waals surface area (Å²) in [5.74, 6) is 0. The van der Waals surface area contributed by atoms with Gasteiger partial charge in [-0.2, -0.15) is 0 Å². The Kier molecular flexibility index (Phi) is 6.55. The second-order valence-electron chi connectivity index (χ2n) is 2.30. The summed E-state index contributed by atoms with van der Waals surface area (Å²) in [5, 5.41) is 17.2. The summed E-state index contributed by atoms with van der Waals surface area (Å²) in [4.78, 5) is 10.2. The van der Waals surface area contributed by atoms with Gasteiger partial charge in [-0.1, -0.05) is 6.08 Å². The second-order valence-corrected chi connectivity index (χ2v) is 2.30. The Hall–Kier alpha value is -0.710. The molecule has 0 aromatic rings. The third kappa shape index (κ3) is 5.01. The average Bonchev–Trinajstić information content (AvgIpc) is 2.11. The molecule has 0 saturated heterocycles. The maximum absolute atomic E-state index is 10.2. The Morgan fingerprint density at radius 1 is 1.67 bits per heavy atom. The number of aliphatic hydroxyl groups is 2. The molecule has 0 aliphatic heterocycles. The van der Waals surface area contributed by atoms with Gasteiger partial charge in [-0.15, -0.1) is 6.58 Å². The van der Waals surface area contributed by atoms with E-state index in [-0.39, 0.29) is 13.2 Å². The summed E-state index contributed by atoms with van der Waals surface area (Å²) < 4.78 is 4.88. The summed E-state index contributed by atoms with van der Waals surface area (Å²) >= 11 is 0. The number of carbonyl (C=O) groups excluding carboxylic acids is 1. The van der Waals surface area contributed by atoms with E-state index in [1.165, 1.54) is 6.08 Å². The van der Waals surface area contributed by atoms with Crippen LogP contribution in [0.25, 0.3) is 0 Å². The van der Waals surface area contributed by atoms with Crippen LogP contribution < -0.4 is 0 Å². The standard InChI is InChI=1S/C8H13O4/c1-2-3-8(5-10)12-6-7(11)4-9/h2,7-9,11H,1,3-4,6H2. The number of aliphatic hydroxyl groups excluding tert-OH is 2. The highest BCUT2D eigenvalue weighted by Crippen LogP contribution is 1.97. The Morgan fingerprint density at radius 3 is 2.75 bits per heavy atom. The van der Waals surface area contributed by atoms with Gasteiger partial charge in [0.1, 0.15) is 12.2 Å². The third-order valence-electron chi connectivity index (χ3n) is 1.21. The molecule has 0 aliphatic carbocycles. The van der Waals surface area contributed by atoms with Crippen LogP contribution in [-0.4, -0.2) is 41.9 Å². The van der Waals surface area contributed by atoms with Crippen LogP contribution in [0.15, 0.2) is 12.7 Å². The van der Waals surface area contributed by atoms with Crippen LogP contribution in [0.2, 0.25) is 0 Å². The lowest BCUT2D eigenvalue weighted by Crippen LogP contribution is -2.24. The molecule has 69 valence electrons. The highest BCUT2D eigenvalue weighted by Gasteiger charge is 2.09. The molecule has 2 unspecified atom stereocenters. The zero-order chi connectivity index (χ0) is 9.40. The quantitative estimate of drug-likeness (QED) is 0.505. The van der Waals surface area contributed by atoms with Crippen molar-refractivity contribution in [1.82, 2.24) is 0 Å². The minimum atomic E-state index is -0.939. The molecule has 2 N–H and O–H groups in total. The van der Waals surface area contributed by atoms with Crippen LogP contribution in [0.4, 0.5) is 0 Å². The summed E-state index contributed by atoms with van der Waals surface area (Å²) in [6.07, 6.45) is 1.91. The van der Waals surface area contributed by atoms with Crippen LogP contribution in [0.5, 0.6) is 0 Å². The van der Waals surface area contributed by atoms with Crippen LogP contribution in [0.3, 0.4) is 0 Å². The number of ether oxygens (including phenoxy) is 1. The Bertz CT molecular complexity index is 135. The predicted molar refractivity (Wildman–Crippen MR) is 43.3 cm³/mol. The van der Waals surface area contributed by atoms with Crippen LogP contribution >= 0.6 is 0 Å². The monoisotopic (exact) mass is 173 g/mol. The van der Waals surface area contributed by atoms with E-state index < -0.39 is 12.2 Å². The van der Waals surface area contributed by atoms with Crippen molar-refractivity contribution in [2.75, 3.05) is 13.2 Å². The van der Waals surface area contributed by atoms with E-state index in [1.807, 2.05) is 0 Å². The highest BCUT2D eigenvalue weighted by molar-refractivity contribution is 5.57. The van der Waals surface area contributed by atoms with Gasteiger partial charge in [-0.3, -0.25) is 4.79 Å². The Morgan fingerprint density at radius 2 is 2.33 bits per heavy atom. The summed E-state index contributed by atoms with van der Waals surface area (Å²) in [7, 11) is 0. The minimum Gasteiger partial charge on any atom is -0.394 e. The maximum Gasteiger partial charge on any atom is 0.230 e. The Labute approximate surface area is 71.5 Å². The van der Waals surface area contributed by atoms with E-state index >= 15 is 0 Å². The molecule has 0 saturated carbocycles. The molecule has 1 radical (unpaired) electrons. The van der Waals surface area contributed by atoms with Gasteiger partial charge in [-0.05, 0) is 6.42 Å². The van der Waals surface area contributed by atoms with Crippen LogP contribution in [-0.2, 0) is 9.53 Å². The lowest BCUT2D eigenvalue weighted by Gasteiger charge is -2.11. The molecule has 0 fully saturated rings. The average molecular weight is 173 g/mol. The van der Waals surface area contributed by atoms with Crippen LogP contribution in [0.1, 0.15) is 6.42 Å². The lowest BCUT2D eigenvalue weighted by atomic mass is 10.3. The van der Waals surface area contributed by atoms with E-state index in [0.29, 0.717) is 6.42 Å². The summed E-state index contributed by atoms with van der Waals surface area (Å²) in [6, 6.07) is 0. The van der Waals surface area contributed by atoms with Crippen molar-refractivity contribution in [2.45, 2.75) is 18.6 Å². The fraction of sp³-hybridized carbons (Fsp3) is 0.625. The van der Waals surface area contributed by atoms with Crippen molar-refractivity contribution in [1.29, 1.82) is 0 Å². The molecule has 0 bridgehead atoms. The molecule has 0 spiro atoms. The van der Waals surface area contributed by atoms with E-state index in [4.69, 9.17) is 14.9 Å². The zero-order valence-corrected chi connectivity index (χ0v) is 6.77. The first-order valence-electron chi connectivity index (χ1n) is 3.63. The normalized spacial score (nSPS) is 15.2. The van der Waals surface area contributed by atoms with Gasteiger partial charge in [0.25, 0.3) is 0 Å². The van der Waals surface area contributed by atoms with Crippen molar-refractivity contribution in [2.24, 2.45) is 0 Å².